The normalized spacial score (nSPS) is 17.0. The van der Waals surface area contributed by atoms with Crippen molar-refractivity contribution in [1.82, 2.24) is 8.87 Å². The van der Waals surface area contributed by atoms with Crippen molar-refractivity contribution in [2.45, 2.75) is 38.5 Å². The standard InChI is InChI=1S/C19H24N2O3S/c1-13-10-16-17(11-19(2,3)12-18(16)22)21(13)14-6-8-15(9-7-14)25(23,24)20(4)5/h6-10H,11-12H2,1-5H3. The quantitative estimate of drug-likeness (QED) is 0.844. The molecule has 5 nitrogen and oxygen atoms in total. The number of benzene rings is 1. The summed E-state index contributed by atoms with van der Waals surface area (Å²) in [5.74, 6) is 0.180. The summed E-state index contributed by atoms with van der Waals surface area (Å²) >= 11 is 0. The number of carbonyl (C=O) groups excluding carboxylic acids is 1. The molecule has 0 radical (unpaired) electrons. The number of aromatic nitrogens is 1. The number of aryl methyl sites for hydroxylation is 1. The van der Waals surface area contributed by atoms with Crippen molar-refractivity contribution in [1.29, 1.82) is 0 Å². The van der Waals surface area contributed by atoms with Crippen LogP contribution in [0.15, 0.2) is 35.2 Å². The van der Waals surface area contributed by atoms with Crippen molar-refractivity contribution in [2.75, 3.05) is 14.1 Å². The molecule has 0 spiro atoms. The molecule has 1 heterocycles. The summed E-state index contributed by atoms with van der Waals surface area (Å²) in [4.78, 5) is 12.7. The Labute approximate surface area is 149 Å². The molecule has 2 aromatic rings. The van der Waals surface area contributed by atoms with Crippen molar-refractivity contribution in [2.24, 2.45) is 5.41 Å². The van der Waals surface area contributed by atoms with Gasteiger partial charge >= 0.3 is 0 Å². The maximum Gasteiger partial charge on any atom is 0.242 e. The van der Waals surface area contributed by atoms with E-state index in [0.29, 0.717) is 6.42 Å². The molecule has 0 saturated heterocycles. The number of fused-ring (bicyclic) bond motifs is 1. The summed E-state index contributed by atoms with van der Waals surface area (Å²) in [6.07, 6.45) is 1.38. The third-order valence-electron chi connectivity index (χ3n) is 4.75. The molecule has 0 aliphatic heterocycles. The molecule has 0 unspecified atom stereocenters. The number of sulfonamides is 1. The van der Waals surface area contributed by atoms with E-state index in [-0.39, 0.29) is 16.1 Å². The van der Waals surface area contributed by atoms with Crippen molar-refractivity contribution < 1.29 is 13.2 Å². The first-order chi connectivity index (χ1) is 11.5. The van der Waals surface area contributed by atoms with E-state index in [9.17, 15) is 13.2 Å². The lowest BCUT2D eigenvalue weighted by Gasteiger charge is -2.30. The van der Waals surface area contributed by atoms with Gasteiger partial charge in [-0.2, -0.15) is 0 Å². The highest BCUT2D eigenvalue weighted by Gasteiger charge is 2.34. The number of ketones is 1. The summed E-state index contributed by atoms with van der Waals surface area (Å²) in [7, 11) is -0.413. The molecule has 0 N–H and O–H groups in total. The summed E-state index contributed by atoms with van der Waals surface area (Å²) < 4.78 is 27.7. The van der Waals surface area contributed by atoms with Crippen molar-refractivity contribution in [3.63, 3.8) is 0 Å². The van der Waals surface area contributed by atoms with E-state index < -0.39 is 10.0 Å². The molecule has 1 aliphatic rings. The van der Waals surface area contributed by atoms with Gasteiger partial charge in [-0.25, -0.2) is 12.7 Å². The second-order valence-corrected chi connectivity index (χ2v) is 9.86. The zero-order chi connectivity index (χ0) is 18.6. The van der Waals surface area contributed by atoms with E-state index in [1.54, 1.807) is 24.3 Å². The molecular weight excluding hydrogens is 336 g/mol. The minimum absolute atomic E-state index is 0.0686. The van der Waals surface area contributed by atoms with Crippen LogP contribution in [0.5, 0.6) is 0 Å². The molecule has 0 atom stereocenters. The molecule has 0 fully saturated rings. The van der Waals surface area contributed by atoms with Crippen LogP contribution < -0.4 is 0 Å². The molecule has 1 aromatic heterocycles. The topological polar surface area (TPSA) is 59.4 Å². The molecule has 0 bridgehead atoms. The molecule has 1 aromatic carbocycles. The summed E-state index contributed by atoms with van der Waals surface area (Å²) in [6, 6.07) is 8.78. The predicted octanol–water partition coefficient (Wildman–Crippen LogP) is 3.19. The fourth-order valence-corrected chi connectivity index (χ4v) is 4.39. The highest BCUT2D eigenvalue weighted by atomic mass is 32.2. The fraction of sp³-hybridized carbons (Fsp3) is 0.421. The van der Waals surface area contributed by atoms with Crippen molar-refractivity contribution in [3.8, 4) is 5.69 Å². The Morgan fingerprint density at radius 3 is 2.24 bits per heavy atom. The van der Waals surface area contributed by atoms with Gasteiger partial charge in [0.05, 0.1) is 4.90 Å². The van der Waals surface area contributed by atoms with Gasteiger partial charge in [-0.15, -0.1) is 0 Å². The molecular formula is C19H24N2O3S. The zero-order valence-electron chi connectivity index (χ0n) is 15.3. The van der Waals surface area contributed by atoms with Crippen LogP contribution in [0, 0.1) is 12.3 Å². The molecule has 3 rings (SSSR count). The first-order valence-electron chi connectivity index (χ1n) is 8.30. The van der Waals surface area contributed by atoms with Gasteiger partial charge in [0, 0.05) is 43.2 Å². The predicted molar refractivity (Wildman–Crippen MR) is 97.8 cm³/mol. The molecule has 134 valence electrons. The molecule has 0 saturated carbocycles. The van der Waals surface area contributed by atoms with Gasteiger partial charge in [0.25, 0.3) is 0 Å². The van der Waals surface area contributed by atoms with Crippen LogP contribution in [0.25, 0.3) is 5.69 Å². The van der Waals surface area contributed by atoms with E-state index in [4.69, 9.17) is 0 Å². The third-order valence-corrected chi connectivity index (χ3v) is 6.58. The molecule has 0 amide bonds. The van der Waals surface area contributed by atoms with Gasteiger partial charge in [-0.1, -0.05) is 13.8 Å². The first kappa shape index (κ1) is 17.9. The van der Waals surface area contributed by atoms with E-state index in [0.717, 1.165) is 29.1 Å². The number of nitrogens with zero attached hydrogens (tertiary/aromatic N) is 2. The van der Waals surface area contributed by atoms with E-state index in [1.165, 1.54) is 18.4 Å². The van der Waals surface area contributed by atoms with Crippen LogP contribution in [-0.2, 0) is 16.4 Å². The van der Waals surface area contributed by atoms with Crippen LogP contribution in [0.3, 0.4) is 0 Å². The lowest BCUT2D eigenvalue weighted by atomic mass is 9.76. The zero-order valence-corrected chi connectivity index (χ0v) is 16.1. The van der Waals surface area contributed by atoms with Gasteiger partial charge in [0.2, 0.25) is 10.0 Å². The third kappa shape index (κ3) is 3.04. The molecule has 1 aliphatic carbocycles. The van der Waals surface area contributed by atoms with Crippen molar-refractivity contribution in [3.05, 3.63) is 47.3 Å². The van der Waals surface area contributed by atoms with Crippen LogP contribution in [0.4, 0.5) is 0 Å². The van der Waals surface area contributed by atoms with Gasteiger partial charge < -0.3 is 4.57 Å². The Hall–Kier alpha value is -1.92. The average Bonchev–Trinajstić information content (AvgIpc) is 2.82. The van der Waals surface area contributed by atoms with E-state index in [1.807, 2.05) is 13.0 Å². The summed E-state index contributed by atoms with van der Waals surface area (Å²) in [6.45, 7) is 6.18. The second kappa shape index (κ2) is 5.81. The van der Waals surface area contributed by atoms with Gasteiger partial charge in [0.1, 0.15) is 0 Å². The minimum Gasteiger partial charge on any atom is -0.317 e. The maximum atomic E-state index is 12.5. The average molecular weight is 360 g/mol. The number of hydrogen-bond donors (Lipinski definition) is 0. The summed E-state index contributed by atoms with van der Waals surface area (Å²) in [5.41, 5.74) is 3.60. The Morgan fingerprint density at radius 1 is 1.08 bits per heavy atom. The van der Waals surface area contributed by atoms with Crippen molar-refractivity contribution >= 4 is 15.8 Å². The Kier molecular flexibility index (Phi) is 4.16. The first-order valence-corrected chi connectivity index (χ1v) is 9.74. The van der Waals surface area contributed by atoms with E-state index >= 15 is 0 Å². The smallest absolute Gasteiger partial charge is 0.242 e. The molecule has 6 heteroatoms. The minimum atomic E-state index is -3.45. The van der Waals surface area contributed by atoms with Gasteiger partial charge in [0.15, 0.2) is 5.78 Å². The Morgan fingerprint density at radius 2 is 1.68 bits per heavy atom. The number of Topliss-reactive ketones (excluding diaryl/α,β-unsaturated/α-hetero) is 1. The maximum absolute atomic E-state index is 12.5. The highest BCUT2D eigenvalue weighted by molar-refractivity contribution is 7.89. The lowest BCUT2D eigenvalue weighted by Crippen LogP contribution is -2.27. The SMILES string of the molecule is Cc1cc2c(n1-c1ccc(S(=O)(=O)N(C)C)cc1)CC(C)(C)CC2=O. The summed E-state index contributed by atoms with van der Waals surface area (Å²) in [5, 5.41) is 0. The Bertz CT molecular complexity index is 936. The van der Waals surface area contributed by atoms with Crippen LogP contribution >= 0.6 is 0 Å². The van der Waals surface area contributed by atoms with E-state index in [2.05, 4.69) is 18.4 Å². The molecule has 25 heavy (non-hydrogen) atoms. The highest BCUT2D eigenvalue weighted by Crippen LogP contribution is 2.37. The van der Waals surface area contributed by atoms with Crippen LogP contribution in [0.2, 0.25) is 0 Å². The number of carbonyl (C=O) groups is 1. The monoisotopic (exact) mass is 360 g/mol. The second-order valence-electron chi connectivity index (χ2n) is 7.70. The van der Waals surface area contributed by atoms with Crippen LogP contribution in [-0.4, -0.2) is 37.2 Å². The largest absolute Gasteiger partial charge is 0.317 e. The number of rotatable bonds is 3. The van der Waals surface area contributed by atoms with Gasteiger partial charge in [-0.3, -0.25) is 4.79 Å². The van der Waals surface area contributed by atoms with Gasteiger partial charge in [-0.05, 0) is 49.1 Å². The number of hydrogen-bond acceptors (Lipinski definition) is 3. The van der Waals surface area contributed by atoms with Crippen LogP contribution in [0.1, 0.15) is 42.0 Å². The Balaban J connectivity index is 2.09. The fourth-order valence-electron chi connectivity index (χ4n) is 3.49. The lowest BCUT2D eigenvalue weighted by molar-refractivity contribution is 0.0911.